The zero-order valence-electron chi connectivity index (χ0n) is 13.8. The Bertz CT molecular complexity index is 351. The van der Waals surface area contributed by atoms with Crippen LogP contribution in [0.5, 0.6) is 0 Å². The minimum Gasteiger partial charge on any atom is -0.329 e. The summed E-state index contributed by atoms with van der Waals surface area (Å²) in [4.78, 5) is 2.91. The molecule has 3 rings (SSSR count). The van der Waals surface area contributed by atoms with E-state index in [9.17, 15) is 0 Å². The van der Waals surface area contributed by atoms with Crippen molar-refractivity contribution in [3.05, 3.63) is 0 Å². The first kappa shape index (κ1) is 14.8. The van der Waals surface area contributed by atoms with E-state index in [1.54, 1.807) is 0 Å². The molecule has 0 spiro atoms. The van der Waals surface area contributed by atoms with Gasteiger partial charge in [-0.1, -0.05) is 27.2 Å². The zero-order chi connectivity index (χ0) is 14.4. The first-order valence-corrected chi connectivity index (χ1v) is 8.95. The van der Waals surface area contributed by atoms with Crippen molar-refractivity contribution in [1.29, 1.82) is 0 Å². The summed E-state index contributed by atoms with van der Waals surface area (Å²) < 4.78 is 0. The van der Waals surface area contributed by atoms with Crippen LogP contribution in [0.2, 0.25) is 0 Å². The van der Waals surface area contributed by atoms with Crippen molar-refractivity contribution in [1.82, 2.24) is 4.90 Å². The third-order valence-electron chi connectivity index (χ3n) is 6.93. The SMILES string of the molecule is CC1CC(C)(C)CCC1(CN)N1CCCC2CCCC21. The lowest BCUT2D eigenvalue weighted by Gasteiger charge is -2.58. The fraction of sp³-hybridized carbons (Fsp3) is 1.00. The second-order valence-corrected chi connectivity index (χ2v) is 8.67. The molecule has 20 heavy (non-hydrogen) atoms. The quantitative estimate of drug-likeness (QED) is 0.832. The number of fused-ring (bicyclic) bond motifs is 1. The summed E-state index contributed by atoms with van der Waals surface area (Å²) >= 11 is 0. The Balaban J connectivity index is 1.84. The van der Waals surface area contributed by atoms with Gasteiger partial charge in [-0.2, -0.15) is 0 Å². The second-order valence-electron chi connectivity index (χ2n) is 8.67. The highest BCUT2D eigenvalue weighted by Gasteiger charge is 2.51. The van der Waals surface area contributed by atoms with Crippen molar-refractivity contribution < 1.29 is 0 Å². The van der Waals surface area contributed by atoms with Crippen molar-refractivity contribution in [3.8, 4) is 0 Å². The number of likely N-dealkylation sites (tertiary alicyclic amines) is 1. The molecule has 116 valence electrons. The van der Waals surface area contributed by atoms with Crippen LogP contribution in [-0.4, -0.2) is 29.6 Å². The topological polar surface area (TPSA) is 29.3 Å². The third kappa shape index (κ3) is 2.33. The van der Waals surface area contributed by atoms with Crippen LogP contribution in [0.25, 0.3) is 0 Å². The predicted molar refractivity (Wildman–Crippen MR) is 85.7 cm³/mol. The van der Waals surface area contributed by atoms with Gasteiger partial charge in [0.25, 0.3) is 0 Å². The molecule has 4 unspecified atom stereocenters. The molecular formula is C18H34N2. The molecule has 3 aliphatic rings. The van der Waals surface area contributed by atoms with Gasteiger partial charge in [0.1, 0.15) is 0 Å². The molecular weight excluding hydrogens is 244 g/mol. The van der Waals surface area contributed by atoms with Crippen LogP contribution in [0.15, 0.2) is 0 Å². The van der Waals surface area contributed by atoms with Crippen molar-refractivity contribution in [2.45, 2.75) is 83.7 Å². The highest BCUT2D eigenvalue weighted by atomic mass is 15.3. The van der Waals surface area contributed by atoms with Crippen LogP contribution in [0.3, 0.4) is 0 Å². The molecule has 2 aliphatic carbocycles. The summed E-state index contributed by atoms with van der Waals surface area (Å²) in [5.74, 6) is 1.73. The Morgan fingerprint density at radius 1 is 1.10 bits per heavy atom. The fourth-order valence-corrected chi connectivity index (χ4v) is 5.78. The highest BCUT2D eigenvalue weighted by Crippen LogP contribution is 2.50. The second kappa shape index (κ2) is 5.28. The molecule has 0 amide bonds. The van der Waals surface area contributed by atoms with Crippen LogP contribution in [0.4, 0.5) is 0 Å². The zero-order valence-corrected chi connectivity index (χ0v) is 13.8. The van der Waals surface area contributed by atoms with E-state index in [-0.39, 0.29) is 0 Å². The van der Waals surface area contributed by atoms with Crippen molar-refractivity contribution in [3.63, 3.8) is 0 Å². The van der Waals surface area contributed by atoms with E-state index < -0.39 is 0 Å². The number of nitrogens with two attached hydrogens (primary N) is 1. The Morgan fingerprint density at radius 3 is 2.55 bits per heavy atom. The van der Waals surface area contributed by atoms with Gasteiger partial charge in [-0.3, -0.25) is 4.90 Å². The van der Waals surface area contributed by atoms with E-state index in [1.165, 1.54) is 57.9 Å². The molecule has 2 N–H and O–H groups in total. The monoisotopic (exact) mass is 278 g/mol. The molecule has 2 saturated carbocycles. The summed E-state index contributed by atoms with van der Waals surface area (Å²) in [7, 11) is 0. The van der Waals surface area contributed by atoms with Crippen LogP contribution in [-0.2, 0) is 0 Å². The summed E-state index contributed by atoms with van der Waals surface area (Å²) in [5, 5.41) is 0. The average Bonchev–Trinajstić information content (AvgIpc) is 2.87. The largest absolute Gasteiger partial charge is 0.329 e. The highest BCUT2D eigenvalue weighted by molar-refractivity contribution is 5.06. The Kier molecular flexibility index (Phi) is 3.92. The van der Waals surface area contributed by atoms with E-state index in [4.69, 9.17) is 5.73 Å². The first-order chi connectivity index (χ1) is 9.48. The molecule has 2 nitrogen and oxygen atoms in total. The number of piperidine rings is 1. The molecule has 1 saturated heterocycles. The lowest BCUT2D eigenvalue weighted by Crippen LogP contribution is -2.65. The molecule has 0 radical (unpaired) electrons. The Morgan fingerprint density at radius 2 is 1.85 bits per heavy atom. The molecule has 0 bridgehead atoms. The van der Waals surface area contributed by atoms with Crippen LogP contribution in [0, 0.1) is 17.3 Å². The summed E-state index contributed by atoms with van der Waals surface area (Å²) in [5.41, 5.74) is 7.21. The lowest BCUT2D eigenvalue weighted by molar-refractivity contribution is -0.0693. The summed E-state index contributed by atoms with van der Waals surface area (Å²) in [6, 6.07) is 0.857. The maximum atomic E-state index is 6.39. The Labute approximate surface area is 125 Å². The summed E-state index contributed by atoms with van der Waals surface area (Å²) in [6.45, 7) is 9.54. The Hall–Kier alpha value is -0.0800. The maximum absolute atomic E-state index is 6.39. The molecule has 1 aliphatic heterocycles. The van der Waals surface area contributed by atoms with E-state index in [0.29, 0.717) is 11.0 Å². The third-order valence-corrected chi connectivity index (χ3v) is 6.93. The van der Waals surface area contributed by atoms with Crippen LogP contribution >= 0.6 is 0 Å². The van der Waals surface area contributed by atoms with Gasteiger partial charge in [-0.15, -0.1) is 0 Å². The minimum atomic E-state index is 0.309. The predicted octanol–water partition coefficient (Wildman–Crippen LogP) is 3.79. The number of hydrogen-bond donors (Lipinski definition) is 1. The van der Waals surface area contributed by atoms with Gasteiger partial charge in [-0.05, 0) is 68.7 Å². The van der Waals surface area contributed by atoms with Gasteiger partial charge in [0.05, 0.1) is 0 Å². The fourth-order valence-electron chi connectivity index (χ4n) is 5.78. The molecule has 4 atom stereocenters. The molecule has 0 aromatic rings. The molecule has 0 aromatic carbocycles. The smallest absolute Gasteiger partial charge is 0.0360 e. The van der Waals surface area contributed by atoms with Gasteiger partial charge in [0.15, 0.2) is 0 Å². The standard InChI is InChI=1S/C18H34N2/c1-14-12-17(2,3)9-10-18(14,13-19)20-11-5-7-15-6-4-8-16(15)20/h14-16H,4-13,19H2,1-3H3. The van der Waals surface area contributed by atoms with Gasteiger partial charge >= 0.3 is 0 Å². The van der Waals surface area contributed by atoms with E-state index in [0.717, 1.165) is 24.4 Å². The number of hydrogen-bond acceptors (Lipinski definition) is 2. The number of rotatable bonds is 2. The molecule has 1 heterocycles. The van der Waals surface area contributed by atoms with E-state index in [1.807, 2.05) is 0 Å². The van der Waals surface area contributed by atoms with Gasteiger partial charge in [-0.25, -0.2) is 0 Å². The minimum absolute atomic E-state index is 0.309. The van der Waals surface area contributed by atoms with Crippen molar-refractivity contribution in [2.24, 2.45) is 23.0 Å². The normalized spacial score (nSPS) is 45.3. The maximum Gasteiger partial charge on any atom is 0.0360 e. The van der Waals surface area contributed by atoms with Crippen LogP contribution in [0.1, 0.15) is 72.1 Å². The van der Waals surface area contributed by atoms with Gasteiger partial charge in [0, 0.05) is 18.1 Å². The van der Waals surface area contributed by atoms with Gasteiger partial charge < -0.3 is 5.73 Å². The first-order valence-electron chi connectivity index (χ1n) is 8.95. The lowest BCUT2D eigenvalue weighted by atomic mass is 9.62. The average molecular weight is 278 g/mol. The molecule has 2 heteroatoms. The van der Waals surface area contributed by atoms with Gasteiger partial charge in [0.2, 0.25) is 0 Å². The van der Waals surface area contributed by atoms with E-state index >= 15 is 0 Å². The number of nitrogens with zero attached hydrogens (tertiary/aromatic N) is 1. The molecule has 3 fully saturated rings. The van der Waals surface area contributed by atoms with E-state index in [2.05, 4.69) is 25.7 Å². The van der Waals surface area contributed by atoms with Crippen molar-refractivity contribution >= 4 is 0 Å². The molecule has 0 aromatic heterocycles. The van der Waals surface area contributed by atoms with Crippen molar-refractivity contribution in [2.75, 3.05) is 13.1 Å². The summed E-state index contributed by atoms with van der Waals surface area (Å²) in [6.07, 6.45) is 11.2. The van der Waals surface area contributed by atoms with Crippen LogP contribution < -0.4 is 5.73 Å².